The minimum Gasteiger partial charge on any atom is -0.358 e. The molecule has 13 heteroatoms. The lowest BCUT2D eigenvalue weighted by Gasteiger charge is -2.23. The summed E-state index contributed by atoms with van der Waals surface area (Å²) in [4.78, 5) is 17.5. The Morgan fingerprint density at radius 3 is 2.60 bits per heavy atom. The fourth-order valence-corrected chi connectivity index (χ4v) is 5.65. The lowest BCUT2D eigenvalue weighted by atomic mass is 10.1. The van der Waals surface area contributed by atoms with Crippen molar-refractivity contribution in [2.24, 2.45) is 0 Å². The largest absolute Gasteiger partial charge is 0.358 e. The Morgan fingerprint density at radius 1 is 0.950 bits per heavy atom. The number of anilines is 3. The smallest absolute Gasteiger partial charge is 0.261 e. The summed E-state index contributed by atoms with van der Waals surface area (Å²) in [6.07, 6.45) is 7.13. The normalized spacial score (nSPS) is 15.7. The van der Waals surface area contributed by atoms with Crippen LogP contribution < -0.4 is 10.0 Å². The van der Waals surface area contributed by atoms with Crippen LogP contribution in [0.1, 0.15) is 25.5 Å². The van der Waals surface area contributed by atoms with Gasteiger partial charge in [-0.1, -0.05) is 18.2 Å². The van der Waals surface area contributed by atoms with Crippen LogP contribution in [0.3, 0.4) is 0 Å². The van der Waals surface area contributed by atoms with E-state index < -0.39 is 33.0 Å². The second-order valence-electron chi connectivity index (χ2n) is 9.09. The van der Waals surface area contributed by atoms with Crippen molar-refractivity contribution in [2.45, 2.75) is 30.4 Å². The van der Waals surface area contributed by atoms with Crippen molar-refractivity contribution < 1.29 is 21.9 Å². The second kappa shape index (κ2) is 10.6. The summed E-state index contributed by atoms with van der Waals surface area (Å²) >= 11 is 0. The lowest BCUT2D eigenvalue weighted by molar-refractivity contribution is -0.0298. The zero-order valence-electron chi connectivity index (χ0n) is 21.0. The summed E-state index contributed by atoms with van der Waals surface area (Å²) in [5.74, 6) is -1.99. The van der Waals surface area contributed by atoms with Crippen LogP contribution in [0, 0.1) is 11.6 Å². The van der Waals surface area contributed by atoms with E-state index in [1.54, 1.807) is 36.7 Å². The molecule has 3 aromatic heterocycles. The van der Waals surface area contributed by atoms with Crippen molar-refractivity contribution in [3.05, 3.63) is 85.1 Å². The third-order valence-electron chi connectivity index (χ3n) is 6.52. The Morgan fingerprint density at radius 2 is 1.80 bits per heavy atom. The SMILES string of the molecule is O=S(=O)(Nc1ccc(F)c(Nc2ncccc2-c2ncnc3c2ncn3C2CCCCO2)c1F)c1ccccc1. The minimum absolute atomic E-state index is 0.0638. The van der Waals surface area contributed by atoms with E-state index in [2.05, 4.69) is 30.0 Å². The van der Waals surface area contributed by atoms with Crippen molar-refractivity contribution in [3.8, 4) is 11.3 Å². The molecular formula is C27H23F2N7O3S. The number of ether oxygens (including phenoxy) is 1. The number of aromatic nitrogens is 5. The molecule has 0 spiro atoms. The van der Waals surface area contributed by atoms with E-state index in [9.17, 15) is 12.8 Å². The molecule has 1 fully saturated rings. The molecule has 1 atom stereocenters. The Balaban J connectivity index is 1.36. The molecule has 1 aliphatic rings. The lowest BCUT2D eigenvalue weighted by Crippen LogP contribution is -2.17. The zero-order valence-corrected chi connectivity index (χ0v) is 21.8. The summed E-state index contributed by atoms with van der Waals surface area (Å²) in [7, 11) is -4.11. The van der Waals surface area contributed by atoms with Gasteiger partial charge in [-0.15, -0.1) is 0 Å². The summed E-state index contributed by atoms with van der Waals surface area (Å²) in [6.45, 7) is 0.649. The molecule has 2 N–H and O–H groups in total. The van der Waals surface area contributed by atoms with Gasteiger partial charge in [0, 0.05) is 18.4 Å². The van der Waals surface area contributed by atoms with Gasteiger partial charge in [-0.3, -0.25) is 9.29 Å². The molecule has 10 nitrogen and oxygen atoms in total. The topological polar surface area (TPSA) is 124 Å². The van der Waals surface area contributed by atoms with Crippen molar-refractivity contribution in [1.29, 1.82) is 0 Å². The molecule has 204 valence electrons. The maximum atomic E-state index is 15.5. The van der Waals surface area contributed by atoms with Gasteiger partial charge in [-0.05, 0) is 55.7 Å². The van der Waals surface area contributed by atoms with Crippen LogP contribution in [0.2, 0.25) is 0 Å². The van der Waals surface area contributed by atoms with Crippen LogP contribution in [0.4, 0.5) is 26.0 Å². The van der Waals surface area contributed by atoms with Gasteiger partial charge in [0.1, 0.15) is 41.1 Å². The van der Waals surface area contributed by atoms with Gasteiger partial charge in [0.05, 0.1) is 16.9 Å². The van der Waals surface area contributed by atoms with Gasteiger partial charge in [0.25, 0.3) is 10.0 Å². The third-order valence-corrected chi connectivity index (χ3v) is 7.90. The molecule has 0 bridgehead atoms. The summed E-state index contributed by atoms with van der Waals surface area (Å²) in [6, 6.07) is 12.8. The molecule has 0 amide bonds. The van der Waals surface area contributed by atoms with E-state index in [-0.39, 0.29) is 16.9 Å². The third kappa shape index (κ3) is 4.84. The molecule has 0 radical (unpaired) electrons. The second-order valence-corrected chi connectivity index (χ2v) is 10.8. The average molecular weight is 564 g/mol. The van der Waals surface area contributed by atoms with E-state index in [0.717, 1.165) is 31.4 Å². The zero-order chi connectivity index (χ0) is 27.7. The highest BCUT2D eigenvalue weighted by atomic mass is 32.2. The van der Waals surface area contributed by atoms with Crippen molar-refractivity contribution in [2.75, 3.05) is 16.6 Å². The molecule has 6 rings (SSSR count). The first-order valence-corrected chi connectivity index (χ1v) is 14.0. The summed E-state index contributed by atoms with van der Waals surface area (Å²) < 4.78 is 65.9. The number of sulfonamides is 1. The molecule has 0 aliphatic carbocycles. The van der Waals surface area contributed by atoms with Crippen LogP contribution in [-0.2, 0) is 14.8 Å². The molecule has 5 aromatic rings. The maximum absolute atomic E-state index is 15.5. The molecule has 4 heterocycles. The van der Waals surface area contributed by atoms with E-state index in [1.165, 1.54) is 24.7 Å². The number of hydrogen-bond acceptors (Lipinski definition) is 8. The number of nitrogens with one attached hydrogen (secondary N) is 2. The first-order valence-electron chi connectivity index (χ1n) is 12.5. The number of halogens is 2. The van der Waals surface area contributed by atoms with Gasteiger partial charge in [0.2, 0.25) is 0 Å². The molecule has 1 unspecified atom stereocenters. The highest BCUT2D eigenvalue weighted by Crippen LogP contribution is 2.35. The minimum atomic E-state index is -4.11. The van der Waals surface area contributed by atoms with Crippen LogP contribution in [-0.4, -0.2) is 39.5 Å². The highest BCUT2D eigenvalue weighted by molar-refractivity contribution is 7.92. The number of nitrogens with zero attached hydrogens (tertiary/aromatic N) is 5. The summed E-state index contributed by atoms with van der Waals surface area (Å²) in [5, 5.41) is 2.69. The number of benzene rings is 2. The maximum Gasteiger partial charge on any atom is 0.261 e. The van der Waals surface area contributed by atoms with E-state index in [1.807, 2.05) is 4.57 Å². The number of fused-ring (bicyclic) bond motifs is 1. The van der Waals surface area contributed by atoms with Gasteiger partial charge in [0.15, 0.2) is 11.5 Å². The molecule has 1 saturated heterocycles. The van der Waals surface area contributed by atoms with Gasteiger partial charge in [-0.25, -0.2) is 37.1 Å². The highest BCUT2D eigenvalue weighted by Gasteiger charge is 2.24. The van der Waals surface area contributed by atoms with Crippen molar-refractivity contribution in [1.82, 2.24) is 24.5 Å². The Labute approximate surface area is 228 Å². The van der Waals surface area contributed by atoms with Gasteiger partial charge in [-0.2, -0.15) is 0 Å². The number of imidazole rings is 1. The quantitative estimate of drug-likeness (QED) is 0.269. The Bertz CT molecular complexity index is 1790. The molecule has 0 saturated carbocycles. The molecule has 2 aromatic carbocycles. The standard InChI is InChI=1S/C27H23F2N7O3S/c28-19-11-12-20(35-40(37,38)17-7-2-1-3-8-17)22(29)24(19)34-26-18(9-6-13-30-26)23-25-27(32-15-31-23)36(16-33-25)21-10-4-5-14-39-21/h1-3,6-9,11-13,15-16,21,35H,4-5,10,14H2,(H,30,34). The summed E-state index contributed by atoms with van der Waals surface area (Å²) in [5.41, 5.74) is 0.829. The van der Waals surface area contributed by atoms with Crippen molar-refractivity contribution in [3.63, 3.8) is 0 Å². The monoisotopic (exact) mass is 563 g/mol. The van der Waals surface area contributed by atoms with Crippen LogP contribution in [0.25, 0.3) is 22.4 Å². The predicted molar refractivity (Wildman–Crippen MR) is 144 cm³/mol. The number of hydrogen-bond donors (Lipinski definition) is 2. The van der Waals surface area contributed by atoms with Crippen molar-refractivity contribution >= 4 is 38.4 Å². The predicted octanol–water partition coefficient (Wildman–Crippen LogP) is 5.41. The fraction of sp³-hybridized carbons (Fsp3) is 0.185. The van der Waals surface area contributed by atoms with E-state index in [0.29, 0.717) is 29.0 Å². The van der Waals surface area contributed by atoms with E-state index >= 15 is 4.39 Å². The molecule has 40 heavy (non-hydrogen) atoms. The Hall–Kier alpha value is -4.49. The Kier molecular flexibility index (Phi) is 6.82. The first kappa shape index (κ1) is 25.8. The van der Waals surface area contributed by atoms with Crippen LogP contribution >= 0.6 is 0 Å². The van der Waals surface area contributed by atoms with Crippen LogP contribution in [0.5, 0.6) is 0 Å². The first-order chi connectivity index (χ1) is 19.4. The van der Waals surface area contributed by atoms with Gasteiger partial charge < -0.3 is 10.1 Å². The van der Waals surface area contributed by atoms with Gasteiger partial charge >= 0.3 is 0 Å². The van der Waals surface area contributed by atoms with E-state index in [4.69, 9.17) is 4.74 Å². The number of pyridine rings is 1. The number of rotatable bonds is 7. The molecule has 1 aliphatic heterocycles. The average Bonchev–Trinajstić information content (AvgIpc) is 3.42. The molecular weight excluding hydrogens is 540 g/mol. The van der Waals surface area contributed by atoms with Crippen LogP contribution in [0.15, 0.2) is 78.3 Å². The fourth-order valence-electron chi connectivity index (χ4n) is 4.57.